The third-order valence-corrected chi connectivity index (χ3v) is 1.21. The van der Waals surface area contributed by atoms with Gasteiger partial charge in [0.2, 0.25) is 0 Å². The number of aliphatic carboxylic acids is 1. The van der Waals surface area contributed by atoms with E-state index < -0.39 is 5.97 Å². The fraction of sp³-hybridized carbons (Fsp3) is 0.571. The molecule has 1 N–H and O–H groups in total. The highest BCUT2D eigenvalue weighted by Crippen LogP contribution is 2.00. The quantitative estimate of drug-likeness (QED) is 0.587. The van der Waals surface area contributed by atoms with Gasteiger partial charge in [-0.3, -0.25) is 0 Å². The summed E-state index contributed by atoms with van der Waals surface area (Å²) in [5.41, 5.74) is 0. The second kappa shape index (κ2) is 4.13. The van der Waals surface area contributed by atoms with E-state index in [9.17, 15) is 4.79 Å². The van der Waals surface area contributed by atoms with Crippen LogP contribution in [-0.4, -0.2) is 11.1 Å². The van der Waals surface area contributed by atoms with E-state index in [2.05, 4.69) is 0 Å². The van der Waals surface area contributed by atoms with E-state index in [1.807, 2.05) is 13.8 Å². The molecular formula is C7H12O2. The summed E-state index contributed by atoms with van der Waals surface area (Å²) in [6, 6.07) is 0. The third-order valence-electron chi connectivity index (χ3n) is 1.21. The van der Waals surface area contributed by atoms with Gasteiger partial charge in [-0.1, -0.05) is 26.3 Å². The second-order valence-electron chi connectivity index (χ2n) is 2.08. The molecule has 0 aromatic heterocycles. The van der Waals surface area contributed by atoms with Crippen LogP contribution < -0.4 is 0 Å². The molecule has 1 unspecified atom stereocenters. The molecule has 0 spiro atoms. The van der Waals surface area contributed by atoms with Crippen LogP contribution in [0.15, 0.2) is 12.2 Å². The van der Waals surface area contributed by atoms with Crippen molar-refractivity contribution < 1.29 is 9.90 Å². The lowest BCUT2D eigenvalue weighted by Crippen LogP contribution is -1.90. The lowest BCUT2D eigenvalue weighted by Gasteiger charge is -1.96. The Labute approximate surface area is 55.2 Å². The predicted molar refractivity (Wildman–Crippen MR) is 36.2 cm³/mol. The molecule has 0 bridgehead atoms. The van der Waals surface area contributed by atoms with Crippen molar-refractivity contribution in [2.24, 2.45) is 5.92 Å². The van der Waals surface area contributed by atoms with Gasteiger partial charge in [0.25, 0.3) is 0 Å². The Morgan fingerprint density at radius 1 is 1.78 bits per heavy atom. The number of rotatable bonds is 3. The van der Waals surface area contributed by atoms with Crippen molar-refractivity contribution in [1.82, 2.24) is 0 Å². The molecule has 0 aromatic rings. The molecule has 0 fully saturated rings. The minimum absolute atomic E-state index is 0.376. The normalized spacial score (nSPS) is 14.0. The molecule has 0 aliphatic rings. The number of hydrogen-bond acceptors (Lipinski definition) is 1. The molecule has 0 saturated carbocycles. The van der Waals surface area contributed by atoms with Gasteiger partial charge in [0, 0.05) is 6.08 Å². The van der Waals surface area contributed by atoms with E-state index in [4.69, 9.17) is 5.11 Å². The number of carboxylic acids is 1. The van der Waals surface area contributed by atoms with Crippen molar-refractivity contribution in [1.29, 1.82) is 0 Å². The van der Waals surface area contributed by atoms with Crippen molar-refractivity contribution in [2.45, 2.75) is 20.3 Å². The lowest BCUT2D eigenvalue weighted by atomic mass is 10.1. The summed E-state index contributed by atoms with van der Waals surface area (Å²) in [5.74, 6) is -0.489. The van der Waals surface area contributed by atoms with Crippen LogP contribution in [0, 0.1) is 5.92 Å². The van der Waals surface area contributed by atoms with Crippen molar-refractivity contribution >= 4 is 5.97 Å². The molecule has 52 valence electrons. The van der Waals surface area contributed by atoms with Gasteiger partial charge in [-0.05, 0) is 5.92 Å². The van der Waals surface area contributed by atoms with Gasteiger partial charge in [0.1, 0.15) is 0 Å². The Bertz CT molecular complexity index is 116. The Kier molecular flexibility index (Phi) is 3.76. The van der Waals surface area contributed by atoms with Crippen molar-refractivity contribution in [3.8, 4) is 0 Å². The number of carbonyl (C=O) groups is 1. The van der Waals surface area contributed by atoms with E-state index in [1.165, 1.54) is 6.08 Å². The molecular weight excluding hydrogens is 116 g/mol. The Morgan fingerprint density at radius 2 is 2.33 bits per heavy atom. The summed E-state index contributed by atoms with van der Waals surface area (Å²) in [6.45, 7) is 4.01. The fourth-order valence-electron chi connectivity index (χ4n) is 0.383. The largest absolute Gasteiger partial charge is 0.478 e. The average molecular weight is 128 g/mol. The smallest absolute Gasteiger partial charge is 0.327 e. The first kappa shape index (κ1) is 8.21. The monoisotopic (exact) mass is 128 g/mol. The van der Waals surface area contributed by atoms with Crippen molar-refractivity contribution in [3.05, 3.63) is 12.2 Å². The minimum atomic E-state index is -0.865. The number of allylic oxidation sites excluding steroid dienone is 1. The fourth-order valence-corrected chi connectivity index (χ4v) is 0.383. The molecule has 0 aromatic carbocycles. The van der Waals surface area contributed by atoms with Gasteiger partial charge in [0.15, 0.2) is 0 Å². The van der Waals surface area contributed by atoms with Crippen LogP contribution in [0.2, 0.25) is 0 Å². The standard InChI is InChI=1S/C7H12O2/c1-3-6(2)4-5-7(8)9/h4-6H,3H2,1-2H3,(H,8,9)/b5-4+. The SMILES string of the molecule is CCC(C)/C=C/C(=O)O. The molecule has 1 atom stereocenters. The summed E-state index contributed by atoms with van der Waals surface area (Å²) in [5, 5.41) is 8.17. The molecule has 0 aliphatic heterocycles. The topological polar surface area (TPSA) is 37.3 Å². The van der Waals surface area contributed by atoms with E-state index in [1.54, 1.807) is 6.08 Å². The number of carboxylic acid groups (broad SMARTS) is 1. The highest BCUT2D eigenvalue weighted by Gasteiger charge is 1.91. The van der Waals surface area contributed by atoms with Crippen LogP contribution in [0.25, 0.3) is 0 Å². The predicted octanol–water partition coefficient (Wildman–Crippen LogP) is 1.67. The summed E-state index contributed by atoms with van der Waals surface area (Å²) in [7, 11) is 0. The van der Waals surface area contributed by atoms with Crippen LogP contribution >= 0.6 is 0 Å². The van der Waals surface area contributed by atoms with Crippen LogP contribution in [0.3, 0.4) is 0 Å². The van der Waals surface area contributed by atoms with Gasteiger partial charge in [-0.25, -0.2) is 4.79 Å². The first-order valence-corrected chi connectivity index (χ1v) is 3.08. The first-order chi connectivity index (χ1) is 4.16. The van der Waals surface area contributed by atoms with Gasteiger partial charge in [-0.2, -0.15) is 0 Å². The zero-order chi connectivity index (χ0) is 7.28. The summed E-state index contributed by atoms with van der Waals surface area (Å²) in [4.78, 5) is 9.93. The van der Waals surface area contributed by atoms with Gasteiger partial charge < -0.3 is 5.11 Å². The van der Waals surface area contributed by atoms with E-state index in [0.717, 1.165) is 6.42 Å². The molecule has 0 saturated heterocycles. The van der Waals surface area contributed by atoms with Gasteiger partial charge in [-0.15, -0.1) is 0 Å². The third kappa shape index (κ3) is 5.07. The van der Waals surface area contributed by atoms with Crippen LogP contribution in [0.5, 0.6) is 0 Å². The van der Waals surface area contributed by atoms with Crippen molar-refractivity contribution in [2.75, 3.05) is 0 Å². The van der Waals surface area contributed by atoms with Crippen LogP contribution in [0.4, 0.5) is 0 Å². The molecule has 0 aliphatic carbocycles. The summed E-state index contributed by atoms with van der Waals surface area (Å²) in [6.07, 6.45) is 3.88. The van der Waals surface area contributed by atoms with Crippen LogP contribution in [-0.2, 0) is 4.79 Å². The molecule has 0 radical (unpaired) electrons. The Morgan fingerprint density at radius 3 is 2.67 bits per heavy atom. The molecule has 9 heavy (non-hydrogen) atoms. The highest BCUT2D eigenvalue weighted by atomic mass is 16.4. The van der Waals surface area contributed by atoms with E-state index in [0.29, 0.717) is 5.92 Å². The molecule has 2 heteroatoms. The Hall–Kier alpha value is -0.790. The average Bonchev–Trinajstić information content (AvgIpc) is 1.83. The Balaban J connectivity index is 3.56. The van der Waals surface area contributed by atoms with E-state index in [-0.39, 0.29) is 0 Å². The summed E-state index contributed by atoms with van der Waals surface area (Å²) >= 11 is 0. The zero-order valence-electron chi connectivity index (χ0n) is 5.79. The minimum Gasteiger partial charge on any atom is -0.478 e. The molecule has 0 rings (SSSR count). The summed E-state index contributed by atoms with van der Waals surface area (Å²) < 4.78 is 0. The lowest BCUT2D eigenvalue weighted by molar-refractivity contribution is -0.131. The maximum atomic E-state index is 9.93. The van der Waals surface area contributed by atoms with E-state index >= 15 is 0 Å². The second-order valence-corrected chi connectivity index (χ2v) is 2.08. The van der Waals surface area contributed by atoms with Crippen molar-refractivity contribution in [3.63, 3.8) is 0 Å². The maximum Gasteiger partial charge on any atom is 0.327 e. The number of hydrogen-bond donors (Lipinski definition) is 1. The van der Waals surface area contributed by atoms with Gasteiger partial charge >= 0.3 is 5.97 Å². The maximum absolute atomic E-state index is 9.93. The zero-order valence-corrected chi connectivity index (χ0v) is 5.79. The van der Waals surface area contributed by atoms with Crippen LogP contribution in [0.1, 0.15) is 20.3 Å². The molecule has 0 amide bonds. The van der Waals surface area contributed by atoms with Gasteiger partial charge in [0.05, 0.1) is 0 Å². The first-order valence-electron chi connectivity index (χ1n) is 3.08. The molecule has 0 heterocycles. The molecule has 2 nitrogen and oxygen atoms in total. The highest BCUT2D eigenvalue weighted by molar-refractivity contribution is 5.79.